The van der Waals surface area contributed by atoms with Gasteiger partial charge in [0.1, 0.15) is 5.75 Å². The van der Waals surface area contributed by atoms with Crippen LogP contribution >= 0.6 is 0 Å². The smallest absolute Gasteiger partial charge is 0.317 e. The van der Waals surface area contributed by atoms with Gasteiger partial charge in [-0.2, -0.15) is 0 Å². The van der Waals surface area contributed by atoms with Gasteiger partial charge in [0.25, 0.3) is 0 Å². The molecule has 0 saturated carbocycles. The van der Waals surface area contributed by atoms with Crippen LogP contribution in [0.4, 0.5) is 9.18 Å². The Morgan fingerprint density at radius 2 is 2.22 bits per heavy atom. The number of nitrogens with one attached hydrogen (secondary N) is 1. The van der Waals surface area contributed by atoms with Gasteiger partial charge in [-0.1, -0.05) is 6.07 Å². The van der Waals surface area contributed by atoms with Crippen LogP contribution < -0.4 is 10.1 Å². The second-order valence-electron chi connectivity index (χ2n) is 6.75. The normalized spacial score (nSPS) is 19.0. The van der Waals surface area contributed by atoms with Gasteiger partial charge in [-0.3, -0.25) is 9.78 Å². The molecule has 0 aliphatic carbocycles. The predicted molar refractivity (Wildman–Crippen MR) is 94.9 cm³/mol. The number of nitrogens with zero attached hydrogens (tertiary/aromatic N) is 2. The van der Waals surface area contributed by atoms with E-state index in [0.29, 0.717) is 24.3 Å². The van der Waals surface area contributed by atoms with E-state index in [2.05, 4.69) is 10.3 Å². The summed E-state index contributed by atoms with van der Waals surface area (Å²) in [6.07, 6.45) is 3.48. The van der Waals surface area contributed by atoms with Gasteiger partial charge < -0.3 is 20.1 Å². The van der Waals surface area contributed by atoms with E-state index in [-0.39, 0.29) is 24.9 Å². The molecule has 1 saturated heterocycles. The van der Waals surface area contributed by atoms with Crippen molar-refractivity contribution >= 4 is 12.0 Å². The minimum Gasteiger partial charge on any atom is -0.481 e. The molecule has 0 radical (unpaired) electrons. The fourth-order valence-electron chi connectivity index (χ4n) is 2.87. The number of likely N-dealkylation sites (tertiary alicyclic amines) is 1. The number of carboxylic acid groups (broad SMARTS) is 1. The van der Waals surface area contributed by atoms with E-state index >= 15 is 0 Å². The molecular weight excluding hydrogens is 353 g/mol. The molecule has 1 unspecified atom stereocenters. The third-order valence-electron chi connectivity index (χ3n) is 4.58. The third-order valence-corrected chi connectivity index (χ3v) is 4.58. The topological polar surface area (TPSA) is 91.8 Å². The zero-order valence-corrected chi connectivity index (χ0v) is 14.8. The molecule has 2 aromatic rings. The maximum atomic E-state index is 14.2. The van der Waals surface area contributed by atoms with Crippen molar-refractivity contribution in [1.29, 1.82) is 0 Å². The Morgan fingerprint density at radius 3 is 2.85 bits per heavy atom. The van der Waals surface area contributed by atoms with Crippen molar-refractivity contribution in [2.45, 2.75) is 19.9 Å². The molecule has 0 bridgehead atoms. The van der Waals surface area contributed by atoms with E-state index in [0.717, 1.165) is 0 Å². The number of hydrogen-bond acceptors (Lipinski definition) is 4. The minimum absolute atomic E-state index is 0.0647. The Hall–Kier alpha value is -3.16. The Kier molecular flexibility index (Phi) is 5.25. The van der Waals surface area contributed by atoms with E-state index in [4.69, 9.17) is 4.74 Å². The summed E-state index contributed by atoms with van der Waals surface area (Å²) < 4.78 is 19.6. The molecule has 7 nitrogen and oxygen atoms in total. The number of ether oxygens (including phenoxy) is 1. The summed E-state index contributed by atoms with van der Waals surface area (Å²) >= 11 is 0. The second-order valence-corrected chi connectivity index (χ2v) is 6.75. The van der Waals surface area contributed by atoms with Gasteiger partial charge in [0.15, 0.2) is 11.6 Å². The van der Waals surface area contributed by atoms with Crippen molar-refractivity contribution in [2.24, 2.45) is 5.41 Å². The molecule has 2 N–H and O–H groups in total. The van der Waals surface area contributed by atoms with E-state index in [1.165, 1.54) is 23.2 Å². The lowest BCUT2D eigenvalue weighted by Gasteiger charge is -2.20. The number of benzene rings is 1. The fraction of sp³-hybridized carbons (Fsp3) is 0.316. The minimum atomic E-state index is -0.922. The lowest BCUT2D eigenvalue weighted by molar-refractivity contribution is -0.147. The summed E-state index contributed by atoms with van der Waals surface area (Å²) in [4.78, 5) is 28.8. The molecule has 8 heteroatoms. The summed E-state index contributed by atoms with van der Waals surface area (Å²) in [5.74, 6) is -0.975. The van der Waals surface area contributed by atoms with Crippen LogP contribution in [0.5, 0.6) is 11.5 Å². The lowest BCUT2D eigenvalue weighted by Crippen LogP contribution is -2.40. The van der Waals surface area contributed by atoms with Crippen molar-refractivity contribution in [2.75, 3.05) is 13.1 Å². The number of hydrogen-bond donors (Lipinski definition) is 2. The Balaban J connectivity index is 1.56. The number of carbonyl (C=O) groups excluding carboxylic acids is 1. The Morgan fingerprint density at radius 1 is 1.41 bits per heavy atom. The highest BCUT2D eigenvalue weighted by Gasteiger charge is 2.42. The standard InChI is InChI=1S/C19H20FN3O4/c1-19(17(24)25)6-8-23(12-19)18(26)22-10-13-4-5-16(15(20)9-13)27-14-3-2-7-21-11-14/h2-5,7,9,11H,6,8,10,12H2,1H3,(H,22,26)(H,24,25). The zero-order chi connectivity index (χ0) is 19.4. The van der Waals surface area contributed by atoms with Crippen LogP contribution in [-0.2, 0) is 11.3 Å². The van der Waals surface area contributed by atoms with Gasteiger partial charge in [0.05, 0.1) is 11.6 Å². The maximum absolute atomic E-state index is 14.2. The summed E-state index contributed by atoms with van der Waals surface area (Å²) in [6, 6.07) is 7.42. The summed E-state index contributed by atoms with van der Waals surface area (Å²) in [5.41, 5.74) is -0.353. The number of carbonyl (C=O) groups is 2. The van der Waals surface area contributed by atoms with Crippen LogP contribution in [0.2, 0.25) is 0 Å². The monoisotopic (exact) mass is 373 g/mol. The molecule has 1 fully saturated rings. The Bertz CT molecular complexity index is 846. The van der Waals surface area contributed by atoms with Crippen molar-refractivity contribution < 1.29 is 23.8 Å². The molecule has 142 valence electrons. The van der Waals surface area contributed by atoms with Gasteiger partial charge in [-0.05, 0) is 43.2 Å². The fourth-order valence-corrected chi connectivity index (χ4v) is 2.87. The van der Waals surface area contributed by atoms with Crippen LogP contribution in [0.25, 0.3) is 0 Å². The van der Waals surface area contributed by atoms with Crippen LogP contribution in [0, 0.1) is 11.2 Å². The van der Waals surface area contributed by atoms with Gasteiger partial charge in [-0.15, -0.1) is 0 Å². The summed E-state index contributed by atoms with van der Waals surface area (Å²) in [6.45, 7) is 2.28. The van der Waals surface area contributed by atoms with Crippen molar-refractivity contribution in [1.82, 2.24) is 15.2 Å². The molecule has 1 atom stereocenters. The lowest BCUT2D eigenvalue weighted by atomic mass is 9.90. The molecule has 1 aromatic carbocycles. The molecule has 1 aliphatic heterocycles. The number of urea groups is 1. The maximum Gasteiger partial charge on any atom is 0.317 e. The van der Waals surface area contributed by atoms with E-state index in [1.54, 1.807) is 31.3 Å². The quantitative estimate of drug-likeness (QED) is 0.841. The number of carboxylic acids is 1. The average molecular weight is 373 g/mol. The first-order chi connectivity index (χ1) is 12.9. The van der Waals surface area contributed by atoms with E-state index < -0.39 is 17.2 Å². The number of pyridine rings is 1. The van der Waals surface area contributed by atoms with Crippen LogP contribution in [0.15, 0.2) is 42.7 Å². The van der Waals surface area contributed by atoms with Crippen LogP contribution in [-0.4, -0.2) is 40.1 Å². The average Bonchev–Trinajstić information content (AvgIpc) is 3.06. The first kappa shape index (κ1) is 18.6. The number of aliphatic carboxylic acids is 1. The second kappa shape index (κ2) is 7.61. The molecular formula is C19H20FN3O4. The van der Waals surface area contributed by atoms with Crippen LogP contribution in [0.1, 0.15) is 18.9 Å². The molecule has 1 aromatic heterocycles. The first-order valence-corrected chi connectivity index (χ1v) is 8.50. The number of amides is 2. The number of halogens is 1. The highest BCUT2D eigenvalue weighted by atomic mass is 19.1. The third kappa shape index (κ3) is 4.33. The number of aromatic nitrogens is 1. The van der Waals surface area contributed by atoms with Gasteiger partial charge in [-0.25, -0.2) is 9.18 Å². The Labute approximate surface area is 155 Å². The molecule has 3 rings (SSSR count). The molecule has 0 spiro atoms. The van der Waals surface area contributed by atoms with Gasteiger partial charge in [0.2, 0.25) is 0 Å². The number of rotatable bonds is 5. The van der Waals surface area contributed by atoms with E-state index in [9.17, 15) is 19.1 Å². The molecule has 1 aliphatic rings. The first-order valence-electron chi connectivity index (χ1n) is 8.50. The predicted octanol–water partition coefficient (Wildman–Crippen LogP) is 3.02. The van der Waals surface area contributed by atoms with Crippen molar-refractivity contribution in [3.8, 4) is 11.5 Å². The zero-order valence-electron chi connectivity index (χ0n) is 14.8. The van der Waals surface area contributed by atoms with Crippen LogP contribution in [0.3, 0.4) is 0 Å². The summed E-state index contributed by atoms with van der Waals surface area (Å²) in [5, 5.41) is 11.9. The molecule has 27 heavy (non-hydrogen) atoms. The van der Waals surface area contributed by atoms with Gasteiger partial charge in [0, 0.05) is 25.8 Å². The highest BCUT2D eigenvalue weighted by molar-refractivity contribution is 5.79. The highest BCUT2D eigenvalue weighted by Crippen LogP contribution is 2.30. The van der Waals surface area contributed by atoms with Crippen molar-refractivity contribution in [3.05, 3.63) is 54.1 Å². The molecule has 2 heterocycles. The largest absolute Gasteiger partial charge is 0.481 e. The van der Waals surface area contributed by atoms with Gasteiger partial charge >= 0.3 is 12.0 Å². The molecule has 2 amide bonds. The summed E-state index contributed by atoms with van der Waals surface area (Å²) in [7, 11) is 0. The SMILES string of the molecule is CC1(C(=O)O)CCN(C(=O)NCc2ccc(Oc3cccnc3)c(F)c2)C1. The van der Waals surface area contributed by atoms with E-state index in [1.807, 2.05) is 0 Å². The van der Waals surface area contributed by atoms with Crippen molar-refractivity contribution in [3.63, 3.8) is 0 Å².